The fourth-order valence-electron chi connectivity index (χ4n) is 2.93. The Bertz CT molecular complexity index is 1140. The van der Waals surface area contributed by atoms with E-state index in [0.717, 1.165) is 11.1 Å². The number of ether oxygens (including phenoxy) is 2. The molecule has 2 N–H and O–H groups in total. The molecule has 3 aromatic rings. The molecule has 0 heterocycles. The van der Waals surface area contributed by atoms with Crippen molar-refractivity contribution >= 4 is 35.7 Å². The summed E-state index contributed by atoms with van der Waals surface area (Å²) in [7, 11) is 0. The summed E-state index contributed by atoms with van der Waals surface area (Å²) in [6.07, 6.45) is 3.26. The summed E-state index contributed by atoms with van der Waals surface area (Å²) < 4.78 is 9.78. The fraction of sp³-hybridized carbons (Fsp3) is 0.154. The van der Waals surface area contributed by atoms with E-state index in [9.17, 15) is 19.8 Å². The van der Waals surface area contributed by atoms with Crippen molar-refractivity contribution < 1.29 is 29.3 Å². The maximum atomic E-state index is 11.8. The number of aromatic hydroxyl groups is 2. The van der Waals surface area contributed by atoms with Gasteiger partial charge in [0.1, 0.15) is 22.6 Å². The molecule has 3 aromatic carbocycles. The van der Waals surface area contributed by atoms with Crippen LogP contribution in [-0.4, -0.2) is 47.8 Å². The minimum absolute atomic E-state index is 0.0910. The Labute approximate surface area is 196 Å². The van der Waals surface area contributed by atoms with Crippen LogP contribution in [0.1, 0.15) is 45.7 Å². The quantitative estimate of drug-likeness (QED) is 0.363. The molecule has 8 nitrogen and oxygen atoms in total. The van der Waals surface area contributed by atoms with Gasteiger partial charge < -0.3 is 19.7 Å². The van der Waals surface area contributed by atoms with E-state index in [4.69, 9.17) is 9.47 Å². The first-order chi connectivity index (χ1) is 16.4. The van der Waals surface area contributed by atoms with Gasteiger partial charge in [0.05, 0.1) is 24.6 Å². The average molecular weight is 460 g/mol. The molecule has 174 valence electrons. The van der Waals surface area contributed by atoms with E-state index >= 15 is 0 Å². The minimum atomic E-state index is -0.585. The molecule has 0 aliphatic carbocycles. The number of benzene rings is 3. The van der Waals surface area contributed by atoms with Crippen LogP contribution < -0.4 is 0 Å². The van der Waals surface area contributed by atoms with E-state index in [2.05, 4.69) is 9.98 Å². The molecule has 0 unspecified atom stereocenters. The number of phenols is 2. The lowest BCUT2D eigenvalue weighted by atomic mass is 10.1. The second kappa shape index (κ2) is 11.4. The minimum Gasteiger partial charge on any atom is -0.507 e. The Morgan fingerprint density at radius 2 is 1.09 bits per heavy atom. The number of carbonyl (C=O) groups is 2. The molecule has 0 saturated heterocycles. The summed E-state index contributed by atoms with van der Waals surface area (Å²) in [5, 5.41) is 20.1. The highest BCUT2D eigenvalue weighted by Gasteiger charge is 2.13. The van der Waals surface area contributed by atoms with Crippen molar-refractivity contribution in [2.75, 3.05) is 13.2 Å². The van der Waals surface area contributed by atoms with Gasteiger partial charge in [-0.1, -0.05) is 24.3 Å². The van der Waals surface area contributed by atoms with Crippen molar-refractivity contribution in [2.45, 2.75) is 13.8 Å². The van der Waals surface area contributed by atoms with E-state index < -0.39 is 11.9 Å². The fourth-order valence-corrected chi connectivity index (χ4v) is 2.93. The molecule has 0 saturated carbocycles. The van der Waals surface area contributed by atoms with Crippen molar-refractivity contribution in [1.82, 2.24) is 0 Å². The van der Waals surface area contributed by atoms with Crippen LogP contribution in [0.3, 0.4) is 0 Å². The molecule has 0 spiro atoms. The van der Waals surface area contributed by atoms with Gasteiger partial charge in [0.2, 0.25) is 0 Å². The van der Waals surface area contributed by atoms with Crippen LogP contribution in [0.2, 0.25) is 0 Å². The van der Waals surface area contributed by atoms with Crippen LogP contribution in [0.5, 0.6) is 11.5 Å². The molecule has 8 heteroatoms. The third-order valence-electron chi connectivity index (χ3n) is 4.62. The Morgan fingerprint density at radius 3 is 1.41 bits per heavy atom. The summed E-state index contributed by atoms with van der Waals surface area (Å²) >= 11 is 0. The predicted molar refractivity (Wildman–Crippen MR) is 129 cm³/mol. The van der Waals surface area contributed by atoms with Gasteiger partial charge in [0.15, 0.2) is 0 Å². The average Bonchev–Trinajstić information content (AvgIpc) is 2.82. The van der Waals surface area contributed by atoms with Crippen LogP contribution in [0.15, 0.2) is 70.6 Å². The molecule has 0 aromatic heterocycles. The van der Waals surface area contributed by atoms with Gasteiger partial charge in [-0.25, -0.2) is 9.59 Å². The molecular weight excluding hydrogens is 436 g/mol. The second-order valence-corrected chi connectivity index (χ2v) is 7.03. The molecule has 0 atom stereocenters. The van der Waals surface area contributed by atoms with Gasteiger partial charge in [0.25, 0.3) is 0 Å². The zero-order chi connectivity index (χ0) is 24.5. The third-order valence-corrected chi connectivity index (χ3v) is 4.62. The Balaban J connectivity index is 1.65. The third kappa shape index (κ3) is 6.29. The van der Waals surface area contributed by atoms with Crippen LogP contribution in [-0.2, 0) is 9.47 Å². The van der Waals surface area contributed by atoms with Gasteiger partial charge in [0, 0.05) is 24.6 Å². The van der Waals surface area contributed by atoms with E-state index in [1.54, 1.807) is 38.4 Å². The maximum absolute atomic E-state index is 11.8. The summed E-state index contributed by atoms with van der Waals surface area (Å²) in [4.78, 5) is 32.1. The van der Waals surface area contributed by atoms with Gasteiger partial charge in [-0.15, -0.1) is 0 Å². The largest absolute Gasteiger partial charge is 0.507 e. The van der Waals surface area contributed by atoms with Crippen LogP contribution >= 0.6 is 0 Å². The van der Waals surface area contributed by atoms with Crippen LogP contribution in [0.25, 0.3) is 0 Å². The van der Waals surface area contributed by atoms with E-state index in [1.807, 2.05) is 24.3 Å². The van der Waals surface area contributed by atoms with Gasteiger partial charge in [-0.05, 0) is 49.2 Å². The Hall–Kier alpha value is -4.46. The number of carbonyl (C=O) groups excluding carboxylic acids is 2. The van der Waals surface area contributed by atoms with Crippen molar-refractivity contribution in [1.29, 1.82) is 0 Å². The molecule has 0 aliphatic heterocycles. The van der Waals surface area contributed by atoms with Crippen molar-refractivity contribution in [2.24, 2.45) is 9.98 Å². The highest BCUT2D eigenvalue weighted by Crippen LogP contribution is 2.26. The predicted octanol–water partition coefficient (Wildman–Crippen LogP) is 4.95. The molecule has 0 fully saturated rings. The number of hydrogen-bond acceptors (Lipinski definition) is 8. The topological polar surface area (TPSA) is 118 Å². The maximum Gasteiger partial charge on any atom is 0.341 e. The standard InChI is InChI=1S/C26H24N2O6/c1-3-33-25(31)21-11-9-19(13-23(21)29)27-15-17-5-7-18(8-6-17)16-28-20-10-12-22(24(30)14-20)26(32)34-4-2/h5-16,29-30H,3-4H2,1-2H3. The monoisotopic (exact) mass is 460 g/mol. The second-order valence-electron chi connectivity index (χ2n) is 7.03. The van der Waals surface area contributed by atoms with Gasteiger partial charge in [-0.3, -0.25) is 9.98 Å². The van der Waals surface area contributed by atoms with Gasteiger partial charge >= 0.3 is 11.9 Å². The molecule has 0 bridgehead atoms. The first-order valence-corrected chi connectivity index (χ1v) is 10.6. The number of hydrogen-bond donors (Lipinski definition) is 2. The summed E-state index contributed by atoms with van der Waals surface area (Å²) in [5.41, 5.74) is 2.80. The normalized spacial score (nSPS) is 11.1. The van der Waals surface area contributed by atoms with Crippen molar-refractivity contribution in [3.8, 4) is 11.5 Å². The zero-order valence-corrected chi connectivity index (χ0v) is 18.8. The molecular formula is C26H24N2O6. The lowest BCUT2D eigenvalue weighted by Gasteiger charge is -2.05. The summed E-state index contributed by atoms with van der Waals surface area (Å²) in [6, 6.07) is 16.3. The molecule has 34 heavy (non-hydrogen) atoms. The lowest BCUT2D eigenvalue weighted by molar-refractivity contribution is 0.0513. The first-order valence-electron chi connectivity index (χ1n) is 10.6. The number of phenolic OH excluding ortho intramolecular Hbond substituents is 2. The number of aliphatic imine (C=N–C) groups is 2. The number of esters is 2. The van der Waals surface area contributed by atoms with Crippen molar-refractivity contribution in [3.63, 3.8) is 0 Å². The summed E-state index contributed by atoms with van der Waals surface area (Å²) in [6.45, 7) is 3.84. The number of rotatable bonds is 8. The first kappa shape index (κ1) is 24.2. The van der Waals surface area contributed by atoms with Crippen LogP contribution in [0, 0.1) is 0 Å². The Morgan fingerprint density at radius 1 is 0.706 bits per heavy atom. The molecule has 0 aliphatic rings. The molecule has 3 rings (SSSR count). The van der Waals surface area contributed by atoms with Crippen LogP contribution in [0.4, 0.5) is 11.4 Å². The lowest BCUT2D eigenvalue weighted by Crippen LogP contribution is -2.04. The SMILES string of the molecule is CCOC(=O)c1ccc(N=Cc2ccc(C=Nc3ccc(C(=O)OCC)c(O)c3)cc2)cc1O. The van der Waals surface area contributed by atoms with Crippen molar-refractivity contribution in [3.05, 3.63) is 82.9 Å². The zero-order valence-electron chi connectivity index (χ0n) is 18.8. The van der Waals surface area contributed by atoms with E-state index in [0.29, 0.717) is 11.4 Å². The molecule has 0 radical (unpaired) electrons. The number of nitrogens with zero attached hydrogens (tertiary/aromatic N) is 2. The van der Waals surface area contributed by atoms with E-state index in [1.165, 1.54) is 24.3 Å². The Kier molecular flexibility index (Phi) is 8.12. The van der Waals surface area contributed by atoms with E-state index in [-0.39, 0.29) is 35.8 Å². The summed E-state index contributed by atoms with van der Waals surface area (Å²) in [5.74, 6) is -1.56. The highest BCUT2D eigenvalue weighted by atomic mass is 16.5. The molecule has 0 amide bonds. The highest BCUT2D eigenvalue weighted by molar-refractivity contribution is 5.94. The smallest absolute Gasteiger partial charge is 0.341 e. The van der Waals surface area contributed by atoms with Gasteiger partial charge in [-0.2, -0.15) is 0 Å².